The second-order valence-corrected chi connectivity index (χ2v) is 3.33. The van der Waals surface area contributed by atoms with E-state index in [2.05, 4.69) is 14.9 Å². The molecule has 0 bridgehead atoms. The van der Waals surface area contributed by atoms with Crippen LogP contribution >= 0.6 is 11.2 Å². The van der Waals surface area contributed by atoms with E-state index in [4.69, 9.17) is 9.11 Å². The first-order valence-electron chi connectivity index (χ1n) is 2.82. The van der Waals surface area contributed by atoms with Gasteiger partial charge in [-0.1, -0.05) is 6.08 Å². The Morgan fingerprint density at radius 2 is 2.10 bits per heavy atom. The first-order valence-corrected chi connectivity index (χ1v) is 4.22. The van der Waals surface area contributed by atoms with Gasteiger partial charge in [-0.2, -0.15) is 0 Å². The fourth-order valence-corrected chi connectivity index (χ4v) is 1.80. The van der Waals surface area contributed by atoms with Crippen molar-refractivity contribution in [3.8, 4) is 0 Å². The van der Waals surface area contributed by atoms with Gasteiger partial charge in [0, 0.05) is 0 Å². The topological polar surface area (TPSA) is 58.9 Å². The summed E-state index contributed by atoms with van der Waals surface area (Å²) in [6, 6.07) is 0. The van der Waals surface area contributed by atoms with Crippen LogP contribution in [0.2, 0.25) is 0 Å². The van der Waals surface area contributed by atoms with Gasteiger partial charge in [0.1, 0.15) is 12.2 Å². The zero-order valence-electron chi connectivity index (χ0n) is 5.56. The molecule has 4 nitrogen and oxygen atoms in total. The molecule has 1 saturated heterocycles. The molecule has 0 amide bonds. The van der Waals surface area contributed by atoms with Crippen LogP contribution in [0.15, 0.2) is 12.7 Å². The molecular weight excluding hydrogens is 156 g/mol. The predicted octanol–water partition coefficient (Wildman–Crippen LogP) is 1.56. The van der Waals surface area contributed by atoms with Crippen molar-refractivity contribution in [2.75, 3.05) is 0 Å². The Morgan fingerprint density at radius 1 is 1.50 bits per heavy atom. The SMILES string of the molecule is C=C[C@H]1OS(O)(O)O[C@H]1C. The van der Waals surface area contributed by atoms with Crippen molar-refractivity contribution in [1.29, 1.82) is 0 Å². The van der Waals surface area contributed by atoms with Crippen LogP contribution in [0.25, 0.3) is 0 Å². The summed E-state index contributed by atoms with van der Waals surface area (Å²) in [7, 11) is 0. The monoisotopic (exact) mass is 166 g/mol. The van der Waals surface area contributed by atoms with Crippen LogP contribution in [-0.4, -0.2) is 21.3 Å². The van der Waals surface area contributed by atoms with Gasteiger partial charge in [-0.15, -0.1) is 6.58 Å². The zero-order valence-corrected chi connectivity index (χ0v) is 6.37. The molecule has 2 atom stereocenters. The highest BCUT2D eigenvalue weighted by molar-refractivity contribution is 8.16. The van der Waals surface area contributed by atoms with E-state index in [1.165, 1.54) is 6.08 Å². The lowest BCUT2D eigenvalue weighted by atomic mass is 10.2. The number of rotatable bonds is 1. The largest absolute Gasteiger partial charge is 0.287 e. The minimum absolute atomic E-state index is 0.331. The molecule has 60 valence electrons. The lowest BCUT2D eigenvalue weighted by molar-refractivity contribution is 0.209. The van der Waals surface area contributed by atoms with Crippen molar-refractivity contribution >= 4 is 11.2 Å². The standard InChI is InChI=1S/C5H10O4S/c1-3-5-4(2)8-10(6,7)9-5/h3-7H,1H2,2H3/t4-,5+/m0/s1. The molecule has 1 heterocycles. The molecule has 0 aliphatic carbocycles. The maximum atomic E-state index is 8.81. The molecule has 1 aliphatic heterocycles. The Balaban J connectivity index is 2.60. The van der Waals surface area contributed by atoms with Crippen LogP contribution < -0.4 is 0 Å². The molecule has 0 aromatic heterocycles. The Bertz CT molecular complexity index is 147. The van der Waals surface area contributed by atoms with Crippen LogP contribution in [-0.2, 0) is 8.37 Å². The van der Waals surface area contributed by atoms with Crippen LogP contribution in [0.4, 0.5) is 0 Å². The Hall–Kier alpha value is -0.0700. The van der Waals surface area contributed by atoms with Gasteiger partial charge in [-0.25, -0.2) is 0 Å². The summed E-state index contributed by atoms with van der Waals surface area (Å²) in [6.45, 7) is 5.13. The Kier molecular flexibility index (Phi) is 2.02. The van der Waals surface area contributed by atoms with Crippen LogP contribution in [0.3, 0.4) is 0 Å². The quantitative estimate of drug-likeness (QED) is 0.580. The molecule has 0 saturated carbocycles. The van der Waals surface area contributed by atoms with Crippen LogP contribution in [0, 0.1) is 0 Å². The van der Waals surface area contributed by atoms with Crippen molar-refractivity contribution in [2.24, 2.45) is 0 Å². The van der Waals surface area contributed by atoms with Gasteiger partial charge in [0.25, 0.3) is 0 Å². The second-order valence-electron chi connectivity index (χ2n) is 2.05. The first-order chi connectivity index (χ1) is 4.55. The minimum atomic E-state index is -3.23. The maximum absolute atomic E-state index is 8.81. The van der Waals surface area contributed by atoms with Gasteiger partial charge in [-0.05, 0) is 6.92 Å². The summed E-state index contributed by atoms with van der Waals surface area (Å²) in [5, 5.41) is 0. The first kappa shape index (κ1) is 8.03. The molecule has 0 aromatic rings. The Labute approximate surface area is 61.2 Å². The summed E-state index contributed by atoms with van der Waals surface area (Å²) >= 11 is -3.23. The second kappa shape index (κ2) is 2.52. The summed E-state index contributed by atoms with van der Waals surface area (Å²) in [4.78, 5) is 0. The van der Waals surface area contributed by atoms with E-state index in [1.807, 2.05) is 0 Å². The van der Waals surface area contributed by atoms with E-state index in [0.29, 0.717) is 0 Å². The van der Waals surface area contributed by atoms with Crippen molar-refractivity contribution < 1.29 is 17.5 Å². The molecule has 0 radical (unpaired) electrons. The number of hydrogen-bond acceptors (Lipinski definition) is 4. The normalized spacial score (nSPS) is 41.1. The summed E-state index contributed by atoms with van der Waals surface area (Å²) in [5.74, 6) is 0. The molecule has 1 aliphatic rings. The van der Waals surface area contributed by atoms with E-state index in [9.17, 15) is 0 Å². The summed E-state index contributed by atoms with van der Waals surface area (Å²) in [5.41, 5.74) is 0. The molecule has 2 N–H and O–H groups in total. The fourth-order valence-electron chi connectivity index (χ4n) is 0.729. The lowest BCUT2D eigenvalue weighted by Gasteiger charge is -2.15. The lowest BCUT2D eigenvalue weighted by Crippen LogP contribution is -2.14. The van der Waals surface area contributed by atoms with Gasteiger partial charge >= 0.3 is 0 Å². The minimum Gasteiger partial charge on any atom is -0.287 e. The third-order valence-electron chi connectivity index (χ3n) is 1.21. The van der Waals surface area contributed by atoms with E-state index in [0.717, 1.165) is 0 Å². The predicted molar refractivity (Wildman–Crippen MR) is 38.5 cm³/mol. The van der Waals surface area contributed by atoms with Crippen molar-refractivity contribution in [2.45, 2.75) is 19.1 Å². The van der Waals surface area contributed by atoms with E-state index < -0.39 is 17.3 Å². The average Bonchev–Trinajstić information content (AvgIpc) is 2.05. The van der Waals surface area contributed by atoms with Gasteiger partial charge in [0.2, 0.25) is 11.2 Å². The van der Waals surface area contributed by atoms with Crippen LogP contribution in [0.5, 0.6) is 0 Å². The van der Waals surface area contributed by atoms with Gasteiger partial charge in [0.05, 0.1) is 0 Å². The van der Waals surface area contributed by atoms with Gasteiger partial charge in [0.15, 0.2) is 0 Å². The molecular formula is C5H10O4S. The highest BCUT2D eigenvalue weighted by Crippen LogP contribution is 2.50. The number of hydrogen-bond donors (Lipinski definition) is 2. The average molecular weight is 166 g/mol. The summed E-state index contributed by atoms with van der Waals surface area (Å²) in [6.07, 6.45) is 0.735. The highest BCUT2D eigenvalue weighted by atomic mass is 32.3. The molecule has 1 fully saturated rings. The van der Waals surface area contributed by atoms with Crippen molar-refractivity contribution in [3.05, 3.63) is 12.7 Å². The molecule has 0 unspecified atom stereocenters. The molecule has 5 heteroatoms. The fraction of sp³-hybridized carbons (Fsp3) is 0.600. The van der Waals surface area contributed by atoms with Crippen LogP contribution in [0.1, 0.15) is 6.92 Å². The highest BCUT2D eigenvalue weighted by Gasteiger charge is 2.38. The third kappa shape index (κ3) is 1.50. The zero-order chi connectivity index (χ0) is 7.78. The molecule has 0 aromatic carbocycles. The van der Waals surface area contributed by atoms with Crippen molar-refractivity contribution in [1.82, 2.24) is 0 Å². The molecule has 10 heavy (non-hydrogen) atoms. The molecule has 1 rings (SSSR count). The van der Waals surface area contributed by atoms with E-state index >= 15 is 0 Å². The van der Waals surface area contributed by atoms with Gasteiger partial charge < -0.3 is 0 Å². The summed E-state index contributed by atoms with van der Waals surface area (Å²) < 4.78 is 26.9. The Morgan fingerprint density at radius 3 is 2.30 bits per heavy atom. The smallest absolute Gasteiger partial charge is 0.220 e. The maximum Gasteiger partial charge on any atom is 0.220 e. The van der Waals surface area contributed by atoms with E-state index in [-0.39, 0.29) is 6.10 Å². The molecule has 0 spiro atoms. The van der Waals surface area contributed by atoms with Crippen molar-refractivity contribution in [3.63, 3.8) is 0 Å². The van der Waals surface area contributed by atoms with E-state index in [1.54, 1.807) is 6.92 Å². The van der Waals surface area contributed by atoms with Gasteiger partial charge in [-0.3, -0.25) is 17.5 Å². The third-order valence-corrected chi connectivity index (χ3v) is 2.24.